The average molecular weight is 261 g/mol. The summed E-state index contributed by atoms with van der Waals surface area (Å²) >= 11 is 0. The van der Waals surface area contributed by atoms with E-state index in [1.165, 1.54) is 0 Å². The molecule has 2 heterocycles. The van der Waals surface area contributed by atoms with Crippen molar-refractivity contribution < 1.29 is 4.79 Å². The number of hydrogen-bond acceptors (Lipinski definition) is 3. The molecule has 6 nitrogen and oxygen atoms in total. The number of nitrogens with zero attached hydrogens (tertiary/aromatic N) is 4. The van der Waals surface area contributed by atoms with Crippen LogP contribution in [0.25, 0.3) is 0 Å². The summed E-state index contributed by atoms with van der Waals surface area (Å²) in [5.41, 5.74) is 1.60. The molecule has 0 saturated heterocycles. The Bertz CT molecular complexity index is 543. The van der Waals surface area contributed by atoms with Gasteiger partial charge in [0.25, 0.3) is 5.91 Å². The first-order chi connectivity index (χ1) is 9.24. The smallest absolute Gasteiger partial charge is 0.269 e. The normalized spacial score (nSPS) is 10.6. The number of hydrogen-bond donors (Lipinski definition) is 1. The lowest BCUT2D eigenvalue weighted by atomic mass is 10.3. The molecule has 0 bridgehead atoms. The maximum Gasteiger partial charge on any atom is 0.269 e. The third kappa shape index (κ3) is 3.21. The molecule has 0 aliphatic heterocycles. The van der Waals surface area contributed by atoms with E-state index in [4.69, 9.17) is 0 Å². The minimum absolute atomic E-state index is 0.102. The highest BCUT2D eigenvalue weighted by Gasteiger charge is 2.11. The number of aromatic nitrogens is 4. The minimum atomic E-state index is -0.102. The van der Waals surface area contributed by atoms with Crippen LogP contribution in [0.15, 0.2) is 24.7 Å². The second-order valence-electron chi connectivity index (χ2n) is 4.33. The van der Waals surface area contributed by atoms with E-state index in [1.54, 1.807) is 23.1 Å². The number of carbonyl (C=O) groups excluding carboxylic acids is 1. The molecule has 1 N–H and O–H groups in total. The van der Waals surface area contributed by atoms with E-state index in [-0.39, 0.29) is 5.91 Å². The Balaban J connectivity index is 1.95. The Morgan fingerprint density at radius 1 is 1.37 bits per heavy atom. The van der Waals surface area contributed by atoms with Gasteiger partial charge in [-0.05, 0) is 19.4 Å². The summed E-state index contributed by atoms with van der Waals surface area (Å²) in [6.45, 7) is 6.15. The van der Waals surface area contributed by atoms with Crippen LogP contribution in [0.1, 0.15) is 36.3 Å². The van der Waals surface area contributed by atoms with Crippen molar-refractivity contribution in [3.05, 3.63) is 35.9 Å². The quantitative estimate of drug-likeness (QED) is 0.855. The van der Waals surface area contributed by atoms with Crippen molar-refractivity contribution in [1.82, 2.24) is 24.9 Å². The molecule has 19 heavy (non-hydrogen) atoms. The summed E-state index contributed by atoms with van der Waals surface area (Å²) in [6.07, 6.45) is 6.31. The van der Waals surface area contributed by atoms with Gasteiger partial charge in [0.15, 0.2) is 0 Å². The van der Waals surface area contributed by atoms with Gasteiger partial charge in [-0.3, -0.25) is 14.2 Å². The highest BCUT2D eigenvalue weighted by Crippen LogP contribution is 2.02. The van der Waals surface area contributed by atoms with E-state index >= 15 is 0 Å². The Morgan fingerprint density at radius 2 is 2.21 bits per heavy atom. The van der Waals surface area contributed by atoms with Gasteiger partial charge < -0.3 is 5.32 Å². The lowest BCUT2D eigenvalue weighted by Crippen LogP contribution is -2.25. The number of nitrogens with one attached hydrogen (secondary N) is 1. The van der Waals surface area contributed by atoms with Crippen LogP contribution in [0.2, 0.25) is 0 Å². The van der Waals surface area contributed by atoms with Gasteiger partial charge in [0.1, 0.15) is 5.69 Å². The van der Waals surface area contributed by atoms with Gasteiger partial charge in [0.05, 0.1) is 6.20 Å². The van der Waals surface area contributed by atoms with Crippen LogP contribution in [0.5, 0.6) is 0 Å². The fourth-order valence-electron chi connectivity index (χ4n) is 1.86. The summed E-state index contributed by atoms with van der Waals surface area (Å²) in [4.78, 5) is 12.1. The van der Waals surface area contributed by atoms with Crippen LogP contribution in [-0.2, 0) is 19.6 Å². The maximum atomic E-state index is 12.1. The standard InChI is InChI=1S/C13H19N5O/c1-3-7-18-12(5-6-15-18)13(19)14-8-11-9-16-17(4-2)10-11/h5-6,9-10H,3-4,7-8H2,1-2H3,(H,14,19). The van der Waals surface area contributed by atoms with E-state index < -0.39 is 0 Å². The zero-order chi connectivity index (χ0) is 13.7. The largest absolute Gasteiger partial charge is 0.347 e. The summed E-state index contributed by atoms with van der Waals surface area (Å²) in [5, 5.41) is 11.2. The van der Waals surface area contributed by atoms with E-state index in [1.807, 2.05) is 17.8 Å². The van der Waals surface area contributed by atoms with Gasteiger partial charge in [-0.25, -0.2) is 0 Å². The summed E-state index contributed by atoms with van der Waals surface area (Å²) in [7, 11) is 0. The number of rotatable bonds is 6. The Hall–Kier alpha value is -2.11. The highest BCUT2D eigenvalue weighted by molar-refractivity contribution is 5.92. The Labute approximate surface area is 112 Å². The fraction of sp³-hybridized carbons (Fsp3) is 0.462. The van der Waals surface area contributed by atoms with Gasteiger partial charge in [-0.15, -0.1) is 0 Å². The molecule has 0 radical (unpaired) electrons. The Morgan fingerprint density at radius 3 is 2.89 bits per heavy atom. The molecule has 0 spiro atoms. The van der Waals surface area contributed by atoms with Crippen molar-refractivity contribution in [3.8, 4) is 0 Å². The van der Waals surface area contributed by atoms with Crippen molar-refractivity contribution in [2.75, 3.05) is 0 Å². The lowest BCUT2D eigenvalue weighted by Gasteiger charge is -2.06. The molecule has 0 aliphatic rings. The first-order valence-corrected chi connectivity index (χ1v) is 6.56. The number of aryl methyl sites for hydroxylation is 2. The van der Waals surface area contributed by atoms with Crippen molar-refractivity contribution >= 4 is 5.91 Å². The van der Waals surface area contributed by atoms with Gasteiger partial charge in [-0.1, -0.05) is 6.92 Å². The SMILES string of the molecule is CCCn1nccc1C(=O)NCc1cnn(CC)c1. The predicted molar refractivity (Wildman–Crippen MR) is 71.6 cm³/mol. The lowest BCUT2D eigenvalue weighted by molar-refractivity contribution is 0.0940. The van der Waals surface area contributed by atoms with Gasteiger partial charge in [0.2, 0.25) is 0 Å². The van der Waals surface area contributed by atoms with Crippen LogP contribution >= 0.6 is 0 Å². The molecule has 2 aromatic rings. The van der Waals surface area contributed by atoms with Crippen molar-refractivity contribution in [2.45, 2.75) is 39.9 Å². The van der Waals surface area contributed by atoms with Crippen LogP contribution in [0.4, 0.5) is 0 Å². The molecular weight excluding hydrogens is 242 g/mol. The molecule has 0 unspecified atom stereocenters. The summed E-state index contributed by atoms with van der Waals surface area (Å²) in [5.74, 6) is -0.102. The van der Waals surface area contributed by atoms with Crippen molar-refractivity contribution in [3.63, 3.8) is 0 Å². The van der Waals surface area contributed by atoms with E-state index in [0.717, 1.165) is 25.1 Å². The highest BCUT2D eigenvalue weighted by atomic mass is 16.2. The topological polar surface area (TPSA) is 64.7 Å². The van der Waals surface area contributed by atoms with Crippen LogP contribution in [0.3, 0.4) is 0 Å². The fourth-order valence-corrected chi connectivity index (χ4v) is 1.86. The van der Waals surface area contributed by atoms with E-state index in [9.17, 15) is 4.79 Å². The van der Waals surface area contributed by atoms with E-state index in [0.29, 0.717) is 12.2 Å². The number of amides is 1. The molecular formula is C13H19N5O. The molecule has 0 saturated carbocycles. The second-order valence-corrected chi connectivity index (χ2v) is 4.33. The third-order valence-corrected chi connectivity index (χ3v) is 2.85. The summed E-state index contributed by atoms with van der Waals surface area (Å²) < 4.78 is 3.56. The zero-order valence-corrected chi connectivity index (χ0v) is 11.3. The molecule has 2 aromatic heterocycles. The number of carbonyl (C=O) groups is 1. The molecule has 0 atom stereocenters. The maximum absolute atomic E-state index is 12.1. The average Bonchev–Trinajstić information content (AvgIpc) is 3.05. The first-order valence-electron chi connectivity index (χ1n) is 6.56. The van der Waals surface area contributed by atoms with Crippen LogP contribution in [0, 0.1) is 0 Å². The van der Waals surface area contributed by atoms with Crippen molar-refractivity contribution in [1.29, 1.82) is 0 Å². The Kier molecular flexibility index (Phi) is 4.33. The zero-order valence-electron chi connectivity index (χ0n) is 11.3. The molecule has 1 amide bonds. The molecule has 0 aromatic carbocycles. The van der Waals surface area contributed by atoms with E-state index in [2.05, 4.69) is 22.4 Å². The molecule has 6 heteroatoms. The molecule has 102 valence electrons. The summed E-state index contributed by atoms with van der Waals surface area (Å²) in [6, 6.07) is 1.74. The predicted octanol–water partition coefficient (Wildman–Crippen LogP) is 1.44. The monoisotopic (exact) mass is 261 g/mol. The van der Waals surface area contributed by atoms with Gasteiger partial charge in [-0.2, -0.15) is 10.2 Å². The first kappa shape index (κ1) is 13.3. The molecule has 0 aliphatic carbocycles. The van der Waals surface area contributed by atoms with Crippen LogP contribution < -0.4 is 5.32 Å². The third-order valence-electron chi connectivity index (χ3n) is 2.85. The minimum Gasteiger partial charge on any atom is -0.347 e. The van der Waals surface area contributed by atoms with Gasteiger partial charge in [0, 0.05) is 37.6 Å². The second kappa shape index (κ2) is 6.17. The van der Waals surface area contributed by atoms with Crippen molar-refractivity contribution in [2.24, 2.45) is 0 Å². The molecule has 0 fully saturated rings. The van der Waals surface area contributed by atoms with Gasteiger partial charge >= 0.3 is 0 Å². The molecule has 2 rings (SSSR count). The van der Waals surface area contributed by atoms with Crippen LogP contribution in [-0.4, -0.2) is 25.5 Å².